The zero-order valence-corrected chi connectivity index (χ0v) is 14.1. The quantitative estimate of drug-likeness (QED) is 0.930. The van der Waals surface area contributed by atoms with Crippen LogP contribution in [0, 0.1) is 6.92 Å². The van der Waals surface area contributed by atoms with E-state index < -0.39 is 10.0 Å². The van der Waals surface area contributed by atoms with E-state index in [9.17, 15) is 8.42 Å². The average molecular weight is 337 g/mol. The molecule has 1 N–H and O–H groups in total. The van der Waals surface area contributed by atoms with E-state index in [1.807, 2.05) is 13.0 Å². The third kappa shape index (κ3) is 3.41. The molecule has 1 fully saturated rings. The van der Waals surface area contributed by atoms with Crippen LogP contribution in [0.5, 0.6) is 0 Å². The molecule has 2 aromatic heterocycles. The fourth-order valence-electron chi connectivity index (χ4n) is 2.52. The molecule has 1 aliphatic rings. The van der Waals surface area contributed by atoms with Crippen LogP contribution < -0.4 is 9.62 Å². The van der Waals surface area contributed by atoms with Crippen molar-refractivity contribution in [1.82, 2.24) is 4.98 Å². The van der Waals surface area contributed by atoms with Crippen molar-refractivity contribution in [1.29, 1.82) is 0 Å². The van der Waals surface area contributed by atoms with Crippen molar-refractivity contribution in [3.8, 4) is 0 Å². The highest BCUT2D eigenvalue weighted by Gasteiger charge is 2.17. The maximum absolute atomic E-state index is 12.3. The topological polar surface area (TPSA) is 62.3 Å². The van der Waals surface area contributed by atoms with Crippen molar-refractivity contribution in [2.45, 2.75) is 30.4 Å². The normalized spacial score (nSPS) is 15.8. The maximum atomic E-state index is 12.3. The number of piperidine rings is 1. The lowest BCUT2D eigenvalue weighted by Crippen LogP contribution is -2.30. The summed E-state index contributed by atoms with van der Waals surface area (Å²) in [7, 11) is -3.52. The van der Waals surface area contributed by atoms with E-state index in [2.05, 4.69) is 14.6 Å². The van der Waals surface area contributed by atoms with E-state index in [1.165, 1.54) is 30.6 Å². The van der Waals surface area contributed by atoms with E-state index >= 15 is 0 Å². The third-order valence-electron chi connectivity index (χ3n) is 3.66. The van der Waals surface area contributed by atoms with Gasteiger partial charge in [-0.15, -0.1) is 11.3 Å². The number of thiophene rings is 1. The molecule has 1 saturated heterocycles. The Labute approximate surface area is 135 Å². The second-order valence-electron chi connectivity index (χ2n) is 5.42. The van der Waals surface area contributed by atoms with Gasteiger partial charge in [-0.1, -0.05) is 0 Å². The first-order chi connectivity index (χ1) is 10.5. The second-order valence-corrected chi connectivity index (χ2v) is 8.62. The number of aryl methyl sites for hydroxylation is 1. The Kier molecular flexibility index (Phi) is 4.35. The van der Waals surface area contributed by atoms with Gasteiger partial charge in [0, 0.05) is 18.0 Å². The van der Waals surface area contributed by atoms with Gasteiger partial charge in [-0.05, 0) is 50.5 Å². The molecule has 0 bridgehead atoms. The van der Waals surface area contributed by atoms with Gasteiger partial charge >= 0.3 is 0 Å². The summed E-state index contributed by atoms with van der Waals surface area (Å²) < 4.78 is 27.4. The highest BCUT2D eigenvalue weighted by molar-refractivity contribution is 7.94. The molecule has 5 nitrogen and oxygen atoms in total. The highest BCUT2D eigenvalue weighted by atomic mass is 32.2. The van der Waals surface area contributed by atoms with Crippen LogP contribution in [0.25, 0.3) is 0 Å². The number of rotatable bonds is 4. The Bertz CT molecular complexity index is 732. The Morgan fingerprint density at radius 2 is 1.91 bits per heavy atom. The van der Waals surface area contributed by atoms with Gasteiger partial charge in [-0.25, -0.2) is 13.4 Å². The Hall–Kier alpha value is -1.60. The Morgan fingerprint density at radius 3 is 2.50 bits per heavy atom. The van der Waals surface area contributed by atoms with Crippen LogP contribution in [0.3, 0.4) is 0 Å². The average Bonchev–Trinajstić information content (AvgIpc) is 2.96. The zero-order valence-electron chi connectivity index (χ0n) is 12.4. The van der Waals surface area contributed by atoms with Crippen LogP contribution in [0.2, 0.25) is 0 Å². The summed E-state index contributed by atoms with van der Waals surface area (Å²) in [6.45, 7) is 3.93. The van der Waals surface area contributed by atoms with Crippen molar-refractivity contribution in [2.24, 2.45) is 0 Å². The number of anilines is 2. The van der Waals surface area contributed by atoms with E-state index in [-0.39, 0.29) is 0 Å². The Morgan fingerprint density at radius 1 is 1.14 bits per heavy atom. The van der Waals surface area contributed by atoms with E-state index in [0.29, 0.717) is 9.90 Å². The summed E-state index contributed by atoms with van der Waals surface area (Å²) in [5.74, 6) is 0.912. The van der Waals surface area contributed by atoms with Gasteiger partial charge in [0.05, 0.1) is 11.9 Å². The molecule has 7 heteroatoms. The standard InChI is InChI=1S/C15H19N3O2S2/c1-12-5-8-15(21-12)22(19,20)17-13-6-7-14(16-11-13)18-9-3-2-4-10-18/h5-8,11,17H,2-4,9-10H2,1H3. The van der Waals surface area contributed by atoms with E-state index in [0.717, 1.165) is 23.8 Å². The van der Waals surface area contributed by atoms with Gasteiger partial charge in [0.2, 0.25) is 0 Å². The van der Waals surface area contributed by atoms with Crippen LogP contribution in [0.15, 0.2) is 34.7 Å². The molecule has 3 rings (SSSR count). The Balaban J connectivity index is 1.73. The third-order valence-corrected chi connectivity index (χ3v) is 6.53. The molecular formula is C15H19N3O2S2. The molecule has 1 aliphatic heterocycles. The number of nitrogens with zero attached hydrogens (tertiary/aromatic N) is 2. The van der Waals surface area contributed by atoms with Crippen molar-refractivity contribution in [2.75, 3.05) is 22.7 Å². The molecule has 0 saturated carbocycles. The fourth-order valence-corrected chi connectivity index (χ4v) is 4.84. The first-order valence-corrected chi connectivity index (χ1v) is 9.65. The van der Waals surface area contributed by atoms with Crippen LogP contribution >= 0.6 is 11.3 Å². The number of aromatic nitrogens is 1. The molecule has 0 unspecified atom stereocenters. The molecule has 0 aromatic carbocycles. The van der Waals surface area contributed by atoms with Crippen LogP contribution in [-0.4, -0.2) is 26.5 Å². The highest BCUT2D eigenvalue weighted by Crippen LogP contribution is 2.24. The summed E-state index contributed by atoms with van der Waals surface area (Å²) in [5, 5.41) is 0. The van der Waals surface area contributed by atoms with Gasteiger partial charge in [0.25, 0.3) is 10.0 Å². The summed E-state index contributed by atoms with van der Waals surface area (Å²) in [4.78, 5) is 7.60. The number of nitrogens with one attached hydrogen (secondary N) is 1. The lowest BCUT2D eigenvalue weighted by atomic mass is 10.1. The van der Waals surface area contributed by atoms with E-state index in [4.69, 9.17) is 0 Å². The maximum Gasteiger partial charge on any atom is 0.271 e. The van der Waals surface area contributed by atoms with Crippen LogP contribution in [-0.2, 0) is 10.0 Å². The van der Waals surface area contributed by atoms with E-state index in [1.54, 1.807) is 24.4 Å². The van der Waals surface area contributed by atoms with Gasteiger partial charge < -0.3 is 4.90 Å². The van der Waals surface area contributed by atoms with Crippen molar-refractivity contribution >= 4 is 32.9 Å². The molecule has 0 spiro atoms. The smallest absolute Gasteiger partial charge is 0.271 e. The zero-order chi connectivity index (χ0) is 15.6. The number of sulfonamides is 1. The molecule has 22 heavy (non-hydrogen) atoms. The molecular weight excluding hydrogens is 318 g/mol. The lowest BCUT2D eigenvalue weighted by Gasteiger charge is -2.27. The monoisotopic (exact) mass is 337 g/mol. The van der Waals surface area contributed by atoms with Gasteiger partial charge in [-0.2, -0.15) is 0 Å². The van der Waals surface area contributed by atoms with Crippen molar-refractivity contribution in [3.05, 3.63) is 35.3 Å². The number of pyridine rings is 1. The molecule has 3 heterocycles. The summed E-state index contributed by atoms with van der Waals surface area (Å²) in [5.41, 5.74) is 0.492. The van der Waals surface area contributed by atoms with Gasteiger partial charge in [0.15, 0.2) is 0 Å². The summed E-state index contributed by atoms with van der Waals surface area (Å²) >= 11 is 1.26. The number of hydrogen-bond donors (Lipinski definition) is 1. The first-order valence-electron chi connectivity index (χ1n) is 7.35. The molecule has 0 atom stereocenters. The fraction of sp³-hybridized carbons (Fsp3) is 0.400. The molecule has 2 aromatic rings. The van der Waals surface area contributed by atoms with Crippen LogP contribution in [0.1, 0.15) is 24.1 Å². The van der Waals surface area contributed by atoms with Crippen LogP contribution in [0.4, 0.5) is 11.5 Å². The molecule has 0 radical (unpaired) electrons. The summed E-state index contributed by atoms with van der Waals surface area (Å²) in [6.07, 6.45) is 5.23. The minimum atomic E-state index is -3.52. The molecule has 0 amide bonds. The largest absolute Gasteiger partial charge is 0.357 e. The SMILES string of the molecule is Cc1ccc(S(=O)(=O)Nc2ccc(N3CCCCC3)nc2)s1. The van der Waals surface area contributed by atoms with Crippen molar-refractivity contribution in [3.63, 3.8) is 0 Å². The molecule has 118 valence electrons. The minimum Gasteiger partial charge on any atom is -0.357 e. The predicted octanol–water partition coefficient (Wildman–Crippen LogP) is 3.24. The van der Waals surface area contributed by atoms with Crippen molar-refractivity contribution < 1.29 is 8.42 Å². The predicted molar refractivity (Wildman–Crippen MR) is 90.2 cm³/mol. The lowest BCUT2D eigenvalue weighted by molar-refractivity contribution is 0.573. The van der Waals surface area contributed by atoms with Gasteiger partial charge in [-0.3, -0.25) is 4.72 Å². The summed E-state index contributed by atoms with van der Waals surface area (Å²) in [6, 6.07) is 7.08. The first kappa shape index (κ1) is 15.3. The van der Waals surface area contributed by atoms with Gasteiger partial charge in [0.1, 0.15) is 10.0 Å². The second kappa shape index (κ2) is 6.26. The number of hydrogen-bond acceptors (Lipinski definition) is 5. The molecule has 0 aliphatic carbocycles. The minimum absolute atomic E-state index is 0.324.